The Hall–Kier alpha value is -4.98. The van der Waals surface area contributed by atoms with Gasteiger partial charge in [0.1, 0.15) is 30.8 Å². The highest BCUT2D eigenvalue weighted by Crippen LogP contribution is 2.13. The fourth-order valence-electron chi connectivity index (χ4n) is 5.00. The molecule has 0 spiro atoms. The van der Waals surface area contributed by atoms with Crippen molar-refractivity contribution in [3.05, 3.63) is 71.8 Å². The van der Waals surface area contributed by atoms with Crippen molar-refractivity contribution < 1.29 is 43.3 Å². The summed E-state index contributed by atoms with van der Waals surface area (Å²) < 4.78 is 9.95. The normalized spacial score (nSPS) is 14.5. The van der Waals surface area contributed by atoms with Crippen molar-refractivity contribution in [1.82, 2.24) is 26.6 Å². The maximum atomic E-state index is 13.2. The molecule has 0 bridgehead atoms. The monoisotopic (exact) mass is 711 g/mol. The van der Waals surface area contributed by atoms with Gasteiger partial charge in [0, 0.05) is 6.42 Å². The molecule has 2 aromatic carbocycles. The summed E-state index contributed by atoms with van der Waals surface area (Å²) in [4.78, 5) is 76.4. The maximum Gasteiger partial charge on any atom is 0.408 e. The molecule has 14 nitrogen and oxygen atoms in total. The number of esters is 1. The van der Waals surface area contributed by atoms with Gasteiger partial charge in [-0.05, 0) is 49.7 Å². The van der Waals surface area contributed by atoms with Gasteiger partial charge in [0.2, 0.25) is 23.6 Å². The molecule has 6 N–H and O–H groups in total. The van der Waals surface area contributed by atoms with Crippen molar-refractivity contribution in [2.24, 2.45) is 11.8 Å². The minimum atomic E-state index is -1.18. The minimum absolute atomic E-state index is 0.0238. The van der Waals surface area contributed by atoms with Gasteiger partial charge in [-0.3, -0.25) is 19.2 Å². The number of benzene rings is 2. The number of amides is 5. The predicted octanol–water partition coefficient (Wildman–Crippen LogP) is 2.13. The van der Waals surface area contributed by atoms with Crippen LogP contribution >= 0.6 is 0 Å². The number of alkyl carbamates (subject to hydrolysis) is 1. The van der Waals surface area contributed by atoms with Gasteiger partial charge in [-0.25, -0.2) is 9.59 Å². The highest BCUT2D eigenvalue weighted by Gasteiger charge is 2.32. The second kappa shape index (κ2) is 21.3. The molecule has 280 valence electrons. The van der Waals surface area contributed by atoms with Crippen LogP contribution in [0.15, 0.2) is 60.7 Å². The molecular weight excluding hydrogens is 658 g/mol. The SMILES string of the molecule is COC(=O)[C@@H](NC(=O)[C@@H](NC(=O)CC[C@H](O)[C@H](Cc1ccccc1)NC(=O)[C@H](C)NC(=O)[C@H](C)NC(=O)OCc1ccccc1)C(C)C)C(C)C. The first-order valence-electron chi connectivity index (χ1n) is 17.1. The predicted molar refractivity (Wildman–Crippen MR) is 190 cm³/mol. The second-order valence-electron chi connectivity index (χ2n) is 13.1. The third kappa shape index (κ3) is 14.8. The van der Waals surface area contributed by atoms with Crippen LogP contribution in [0.4, 0.5) is 4.79 Å². The van der Waals surface area contributed by atoms with Gasteiger partial charge in [-0.2, -0.15) is 0 Å². The van der Waals surface area contributed by atoms with Gasteiger partial charge in [-0.1, -0.05) is 88.4 Å². The van der Waals surface area contributed by atoms with Gasteiger partial charge in [0.15, 0.2) is 0 Å². The number of hydrogen-bond acceptors (Lipinski definition) is 9. The lowest BCUT2D eigenvalue weighted by atomic mass is 9.97. The van der Waals surface area contributed by atoms with Crippen molar-refractivity contribution in [1.29, 1.82) is 0 Å². The van der Waals surface area contributed by atoms with E-state index in [1.54, 1.807) is 39.8 Å². The van der Waals surface area contributed by atoms with E-state index in [-0.39, 0.29) is 37.7 Å². The quantitative estimate of drug-likeness (QED) is 0.118. The number of aliphatic hydroxyl groups excluding tert-OH is 1. The molecule has 0 heterocycles. The second-order valence-corrected chi connectivity index (χ2v) is 13.1. The average Bonchev–Trinajstić information content (AvgIpc) is 3.10. The van der Waals surface area contributed by atoms with E-state index in [1.807, 2.05) is 48.5 Å². The molecule has 0 radical (unpaired) electrons. The van der Waals surface area contributed by atoms with E-state index in [9.17, 15) is 33.9 Å². The van der Waals surface area contributed by atoms with Gasteiger partial charge in [0.05, 0.1) is 19.3 Å². The van der Waals surface area contributed by atoms with Gasteiger partial charge in [-0.15, -0.1) is 0 Å². The Morgan fingerprint density at radius 3 is 1.73 bits per heavy atom. The summed E-state index contributed by atoms with van der Waals surface area (Å²) in [6.45, 7) is 9.96. The molecule has 2 rings (SSSR count). The average molecular weight is 712 g/mol. The lowest BCUT2D eigenvalue weighted by Gasteiger charge is -2.28. The highest BCUT2D eigenvalue weighted by atomic mass is 16.5. The van der Waals surface area contributed by atoms with Gasteiger partial charge >= 0.3 is 12.1 Å². The molecular formula is C37H53N5O9. The molecule has 5 amide bonds. The van der Waals surface area contributed by atoms with Crippen molar-refractivity contribution in [3.8, 4) is 0 Å². The van der Waals surface area contributed by atoms with Crippen LogP contribution in [0.5, 0.6) is 0 Å². The molecule has 0 aliphatic rings. The Labute approximate surface area is 299 Å². The van der Waals surface area contributed by atoms with Crippen LogP contribution in [0, 0.1) is 11.8 Å². The summed E-state index contributed by atoms with van der Waals surface area (Å²) >= 11 is 0. The summed E-state index contributed by atoms with van der Waals surface area (Å²) in [6, 6.07) is 13.4. The molecule has 51 heavy (non-hydrogen) atoms. The number of hydrogen-bond donors (Lipinski definition) is 6. The summed E-state index contributed by atoms with van der Waals surface area (Å²) in [5.74, 6) is -3.42. The molecule has 0 aliphatic carbocycles. The third-order valence-electron chi connectivity index (χ3n) is 8.14. The molecule has 14 heteroatoms. The largest absolute Gasteiger partial charge is 0.467 e. The van der Waals surface area contributed by atoms with E-state index < -0.39 is 72.0 Å². The smallest absolute Gasteiger partial charge is 0.408 e. The number of rotatable bonds is 19. The number of nitrogens with one attached hydrogen (secondary N) is 5. The molecule has 0 saturated carbocycles. The van der Waals surface area contributed by atoms with Crippen LogP contribution in [0.3, 0.4) is 0 Å². The summed E-state index contributed by atoms with van der Waals surface area (Å²) in [6.07, 6.45) is -1.98. The number of aliphatic hydroxyl groups is 1. The zero-order valence-electron chi connectivity index (χ0n) is 30.4. The molecule has 0 aromatic heterocycles. The van der Waals surface area contributed by atoms with Crippen molar-refractivity contribution in [2.45, 2.75) is 104 Å². The Kier molecular flexibility index (Phi) is 17.6. The number of carbonyl (C=O) groups is 6. The Morgan fingerprint density at radius 1 is 0.647 bits per heavy atom. The minimum Gasteiger partial charge on any atom is -0.467 e. The van der Waals surface area contributed by atoms with Gasteiger partial charge < -0.3 is 41.2 Å². The van der Waals surface area contributed by atoms with E-state index in [0.717, 1.165) is 11.1 Å². The summed E-state index contributed by atoms with van der Waals surface area (Å²) in [7, 11) is 1.23. The first-order chi connectivity index (χ1) is 24.1. The van der Waals surface area contributed by atoms with E-state index >= 15 is 0 Å². The fourth-order valence-corrected chi connectivity index (χ4v) is 5.00. The Bertz CT molecular complexity index is 1440. The van der Waals surface area contributed by atoms with Crippen molar-refractivity contribution >= 4 is 35.7 Å². The summed E-state index contributed by atoms with van der Waals surface area (Å²) in [5.41, 5.74) is 1.60. The standard InChI is InChI=1S/C37H53N5O9/c1-22(2)31(35(47)42-32(23(3)4)36(48)50-7)41-30(44)19-18-29(43)28(20-26-14-10-8-11-15-26)40-34(46)24(5)38-33(45)25(6)39-37(49)51-21-27-16-12-9-13-17-27/h8-17,22-25,28-29,31-32,43H,18-21H2,1-7H3,(H,38,45)(H,39,49)(H,40,46)(H,41,44)(H,42,47)/t24-,25-,28-,29-,31-,32-/m0/s1. The van der Waals surface area contributed by atoms with Crippen LogP contribution in [0.2, 0.25) is 0 Å². The Morgan fingerprint density at radius 2 is 1.18 bits per heavy atom. The third-order valence-corrected chi connectivity index (χ3v) is 8.14. The lowest BCUT2D eigenvalue weighted by Crippen LogP contribution is -2.55. The van der Waals surface area contributed by atoms with E-state index in [1.165, 1.54) is 21.0 Å². The molecule has 6 atom stereocenters. The molecule has 0 fully saturated rings. The van der Waals surface area contributed by atoms with Crippen LogP contribution in [0.1, 0.15) is 65.5 Å². The van der Waals surface area contributed by atoms with Crippen molar-refractivity contribution in [3.63, 3.8) is 0 Å². The molecule has 0 unspecified atom stereocenters. The first kappa shape index (κ1) is 42.2. The van der Waals surface area contributed by atoms with Gasteiger partial charge in [0.25, 0.3) is 0 Å². The zero-order chi connectivity index (χ0) is 38.1. The summed E-state index contributed by atoms with van der Waals surface area (Å²) in [5, 5.41) is 24.3. The lowest BCUT2D eigenvalue weighted by molar-refractivity contribution is -0.146. The van der Waals surface area contributed by atoms with Crippen LogP contribution in [-0.4, -0.2) is 84.2 Å². The first-order valence-corrected chi connectivity index (χ1v) is 17.1. The molecule has 0 saturated heterocycles. The van der Waals surface area contributed by atoms with E-state index in [2.05, 4.69) is 26.6 Å². The number of ether oxygens (including phenoxy) is 2. The number of carbonyl (C=O) groups excluding carboxylic acids is 6. The number of methoxy groups -OCH3 is 1. The van der Waals surface area contributed by atoms with E-state index in [0.29, 0.717) is 0 Å². The molecule has 2 aromatic rings. The fraction of sp³-hybridized carbons (Fsp3) is 0.514. The molecule has 0 aliphatic heterocycles. The topological polar surface area (TPSA) is 201 Å². The van der Waals surface area contributed by atoms with E-state index in [4.69, 9.17) is 9.47 Å². The zero-order valence-corrected chi connectivity index (χ0v) is 30.4. The highest BCUT2D eigenvalue weighted by molar-refractivity contribution is 5.92. The Balaban J connectivity index is 2.00. The van der Waals surface area contributed by atoms with Crippen LogP contribution < -0.4 is 26.6 Å². The van der Waals surface area contributed by atoms with Crippen molar-refractivity contribution in [2.75, 3.05) is 7.11 Å². The van der Waals surface area contributed by atoms with Crippen LogP contribution in [-0.2, 0) is 46.5 Å². The maximum absolute atomic E-state index is 13.2. The van der Waals surface area contributed by atoms with Crippen LogP contribution in [0.25, 0.3) is 0 Å².